The average Bonchev–Trinajstić information content (AvgIpc) is 3.07. The van der Waals surface area contributed by atoms with Crippen molar-refractivity contribution in [2.24, 2.45) is 5.92 Å². The summed E-state index contributed by atoms with van der Waals surface area (Å²) in [5, 5.41) is 6.09. The summed E-state index contributed by atoms with van der Waals surface area (Å²) in [6.45, 7) is 1.49. The van der Waals surface area contributed by atoms with Crippen molar-refractivity contribution in [2.75, 3.05) is 0 Å². The third-order valence-electron chi connectivity index (χ3n) is 5.20. The van der Waals surface area contributed by atoms with Crippen molar-refractivity contribution in [2.45, 2.75) is 64.0 Å². The van der Waals surface area contributed by atoms with Gasteiger partial charge in [-0.3, -0.25) is 9.59 Å². The van der Waals surface area contributed by atoms with Crippen LogP contribution in [-0.4, -0.2) is 17.9 Å². The number of aryl methyl sites for hydroxylation is 1. The van der Waals surface area contributed by atoms with E-state index in [-0.39, 0.29) is 29.8 Å². The van der Waals surface area contributed by atoms with Crippen molar-refractivity contribution in [3.63, 3.8) is 0 Å². The minimum absolute atomic E-state index is 0.0196. The van der Waals surface area contributed by atoms with Crippen LogP contribution in [0.25, 0.3) is 0 Å². The van der Waals surface area contributed by atoms with E-state index in [9.17, 15) is 9.59 Å². The second-order valence-corrected chi connectivity index (χ2v) is 6.87. The van der Waals surface area contributed by atoms with Gasteiger partial charge in [0.1, 0.15) is 6.04 Å². The van der Waals surface area contributed by atoms with Gasteiger partial charge in [0.15, 0.2) is 0 Å². The molecule has 1 fully saturated rings. The van der Waals surface area contributed by atoms with Crippen LogP contribution in [0.15, 0.2) is 24.3 Å². The summed E-state index contributed by atoms with van der Waals surface area (Å²) < 4.78 is 0. The molecule has 2 atom stereocenters. The Bertz CT molecular complexity index is 578. The quantitative estimate of drug-likeness (QED) is 0.898. The van der Waals surface area contributed by atoms with E-state index >= 15 is 0 Å². The molecule has 1 aromatic rings. The molecule has 0 aromatic heterocycles. The summed E-state index contributed by atoms with van der Waals surface area (Å²) in [7, 11) is 0. The van der Waals surface area contributed by atoms with Crippen LogP contribution in [0, 0.1) is 5.92 Å². The fourth-order valence-electron chi connectivity index (χ4n) is 4.07. The van der Waals surface area contributed by atoms with E-state index in [1.54, 1.807) is 0 Å². The van der Waals surface area contributed by atoms with Crippen molar-refractivity contribution in [1.29, 1.82) is 0 Å². The molecule has 2 amide bonds. The molecule has 0 spiro atoms. The highest BCUT2D eigenvalue weighted by molar-refractivity contribution is 5.87. The van der Waals surface area contributed by atoms with E-state index in [0.29, 0.717) is 0 Å². The lowest BCUT2D eigenvalue weighted by atomic mass is 9.87. The molecule has 2 aliphatic rings. The highest BCUT2D eigenvalue weighted by atomic mass is 16.2. The van der Waals surface area contributed by atoms with Gasteiger partial charge in [0.2, 0.25) is 11.8 Å². The number of carbonyl (C=O) groups is 2. The molecule has 2 N–H and O–H groups in total. The van der Waals surface area contributed by atoms with Crippen molar-refractivity contribution in [1.82, 2.24) is 10.6 Å². The van der Waals surface area contributed by atoms with Crippen molar-refractivity contribution >= 4 is 11.8 Å². The maximum atomic E-state index is 12.8. The largest absolute Gasteiger partial charge is 0.347 e. The number of carbonyl (C=O) groups excluding carboxylic acids is 2. The molecule has 124 valence electrons. The molecule has 4 nitrogen and oxygen atoms in total. The highest BCUT2D eigenvalue weighted by Gasteiger charge is 2.33. The minimum Gasteiger partial charge on any atom is -0.347 e. The molecule has 0 unspecified atom stereocenters. The summed E-state index contributed by atoms with van der Waals surface area (Å²) >= 11 is 0. The molecule has 0 saturated heterocycles. The first-order valence-corrected chi connectivity index (χ1v) is 8.80. The Hall–Kier alpha value is -1.84. The molecule has 23 heavy (non-hydrogen) atoms. The third kappa shape index (κ3) is 3.74. The highest BCUT2D eigenvalue weighted by Crippen LogP contribution is 2.31. The van der Waals surface area contributed by atoms with E-state index < -0.39 is 0 Å². The van der Waals surface area contributed by atoms with Crippen LogP contribution in [0.2, 0.25) is 0 Å². The van der Waals surface area contributed by atoms with E-state index in [4.69, 9.17) is 0 Å². The van der Waals surface area contributed by atoms with E-state index in [1.807, 2.05) is 6.07 Å². The predicted molar refractivity (Wildman–Crippen MR) is 89.8 cm³/mol. The number of fused-ring (bicyclic) bond motifs is 1. The number of rotatable bonds is 4. The fraction of sp³-hybridized carbons (Fsp3) is 0.579. The van der Waals surface area contributed by atoms with Crippen molar-refractivity contribution in [3.8, 4) is 0 Å². The molecular weight excluding hydrogens is 288 g/mol. The molecule has 0 aliphatic heterocycles. The van der Waals surface area contributed by atoms with Gasteiger partial charge in [-0.05, 0) is 49.1 Å². The molecular formula is C19H26N2O2. The second-order valence-electron chi connectivity index (χ2n) is 6.87. The number of amides is 2. The van der Waals surface area contributed by atoms with Gasteiger partial charge in [-0.15, -0.1) is 0 Å². The molecule has 2 aliphatic carbocycles. The first-order chi connectivity index (χ1) is 11.1. The van der Waals surface area contributed by atoms with Crippen LogP contribution < -0.4 is 10.6 Å². The van der Waals surface area contributed by atoms with Crippen LogP contribution in [0.1, 0.15) is 62.6 Å². The molecule has 4 heteroatoms. The summed E-state index contributed by atoms with van der Waals surface area (Å²) in [6, 6.07) is 8.04. The van der Waals surface area contributed by atoms with Gasteiger partial charge < -0.3 is 10.6 Å². The SMILES string of the molecule is CC(=O)N[C@H](C(=O)N[C@H]1CCCc2ccccc21)C1CCCC1. The minimum atomic E-state index is -0.385. The molecule has 1 aromatic carbocycles. The first-order valence-electron chi connectivity index (χ1n) is 8.80. The van der Waals surface area contributed by atoms with Gasteiger partial charge in [-0.25, -0.2) is 0 Å². The maximum absolute atomic E-state index is 12.8. The topological polar surface area (TPSA) is 58.2 Å². The van der Waals surface area contributed by atoms with Crippen molar-refractivity contribution in [3.05, 3.63) is 35.4 Å². The Kier molecular flexibility index (Phi) is 4.99. The molecule has 0 heterocycles. The van der Waals surface area contributed by atoms with E-state index in [1.165, 1.54) is 18.1 Å². The summed E-state index contributed by atoms with van der Waals surface area (Å²) in [4.78, 5) is 24.3. The van der Waals surface area contributed by atoms with Crippen LogP contribution in [0.5, 0.6) is 0 Å². The zero-order chi connectivity index (χ0) is 16.2. The average molecular weight is 314 g/mol. The molecule has 1 saturated carbocycles. The van der Waals surface area contributed by atoms with E-state index in [0.717, 1.165) is 44.9 Å². The fourth-order valence-corrected chi connectivity index (χ4v) is 4.07. The lowest BCUT2D eigenvalue weighted by Gasteiger charge is -2.30. The van der Waals surface area contributed by atoms with Gasteiger partial charge in [0.25, 0.3) is 0 Å². The summed E-state index contributed by atoms with van der Waals surface area (Å²) in [6.07, 6.45) is 7.51. The number of benzene rings is 1. The molecule has 3 rings (SSSR count). The van der Waals surface area contributed by atoms with Crippen LogP contribution in [-0.2, 0) is 16.0 Å². The zero-order valence-electron chi connectivity index (χ0n) is 13.8. The Morgan fingerprint density at radius 2 is 1.83 bits per heavy atom. The monoisotopic (exact) mass is 314 g/mol. The lowest BCUT2D eigenvalue weighted by Crippen LogP contribution is -2.50. The van der Waals surface area contributed by atoms with Gasteiger partial charge in [0, 0.05) is 6.92 Å². The van der Waals surface area contributed by atoms with Gasteiger partial charge in [-0.2, -0.15) is 0 Å². The maximum Gasteiger partial charge on any atom is 0.243 e. The summed E-state index contributed by atoms with van der Waals surface area (Å²) in [5.74, 6) is 0.132. The molecule has 0 radical (unpaired) electrons. The lowest BCUT2D eigenvalue weighted by molar-refractivity contribution is -0.130. The summed E-state index contributed by atoms with van der Waals surface area (Å²) in [5.41, 5.74) is 2.57. The Labute approximate surface area is 138 Å². The Morgan fingerprint density at radius 1 is 1.09 bits per heavy atom. The molecule has 0 bridgehead atoms. The zero-order valence-corrected chi connectivity index (χ0v) is 13.8. The van der Waals surface area contributed by atoms with Gasteiger partial charge in [-0.1, -0.05) is 37.1 Å². The van der Waals surface area contributed by atoms with Crippen LogP contribution >= 0.6 is 0 Å². The second kappa shape index (κ2) is 7.16. The number of nitrogens with one attached hydrogen (secondary N) is 2. The Morgan fingerprint density at radius 3 is 2.57 bits per heavy atom. The normalized spacial score (nSPS) is 22.2. The van der Waals surface area contributed by atoms with Crippen molar-refractivity contribution < 1.29 is 9.59 Å². The number of hydrogen-bond donors (Lipinski definition) is 2. The standard InChI is InChI=1S/C19H26N2O2/c1-13(22)20-18(15-8-2-3-9-15)19(23)21-17-12-6-10-14-7-4-5-11-16(14)17/h4-5,7,11,15,17-18H,2-3,6,8-10,12H2,1H3,(H,20,22)(H,21,23)/t17-,18-/m0/s1. The third-order valence-corrected chi connectivity index (χ3v) is 5.20. The predicted octanol–water partition coefficient (Wildman–Crippen LogP) is 2.88. The first kappa shape index (κ1) is 16.0. The van der Waals surface area contributed by atoms with Crippen LogP contribution in [0.4, 0.5) is 0 Å². The smallest absolute Gasteiger partial charge is 0.243 e. The van der Waals surface area contributed by atoms with Gasteiger partial charge >= 0.3 is 0 Å². The Balaban J connectivity index is 1.73. The van der Waals surface area contributed by atoms with E-state index in [2.05, 4.69) is 28.8 Å². The van der Waals surface area contributed by atoms with Crippen LogP contribution in [0.3, 0.4) is 0 Å². The number of hydrogen-bond acceptors (Lipinski definition) is 2. The van der Waals surface area contributed by atoms with Gasteiger partial charge in [0.05, 0.1) is 6.04 Å².